The second-order valence-electron chi connectivity index (χ2n) is 14.2. The van der Waals surface area contributed by atoms with E-state index >= 15 is 0 Å². The predicted octanol–water partition coefficient (Wildman–Crippen LogP) is 5.36. The molecule has 1 atom stereocenters. The molecule has 2 amide bonds. The summed E-state index contributed by atoms with van der Waals surface area (Å²) < 4.78 is 35.6. The number of aromatic nitrogens is 4. The molecule has 4 heterocycles. The van der Waals surface area contributed by atoms with Crippen LogP contribution in [0.3, 0.4) is 0 Å². The topological polar surface area (TPSA) is 169 Å². The van der Waals surface area contributed by atoms with Crippen molar-refractivity contribution >= 4 is 39.4 Å². The van der Waals surface area contributed by atoms with E-state index in [0.29, 0.717) is 48.0 Å². The maximum Gasteiger partial charge on any atom is 0.407 e. The largest absolute Gasteiger partial charge is 0.477 e. The van der Waals surface area contributed by atoms with Crippen LogP contribution < -0.4 is 14.8 Å². The van der Waals surface area contributed by atoms with Crippen LogP contribution in [0.2, 0.25) is 5.15 Å². The Labute approximate surface area is 284 Å². The molecule has 15 heteroatoms. The SMILES string of the molecule is CC1(C)CC(CCCNc2cccc(S(=O)(=O)NC(=O)c3ccc(-n4ccc(OCCC5C6(CC6)C56CC6)n4)nc3Cl)n2)CN1C(=O)O. The van der Waals surface area contributed by atoms with E-state index in [0.717, 1.165) is 31.6 Å². The minimum Gasteiger partial charge on any atom is -0.477 e. The first-order valence-electron chi connectivity index (χ1n) is 16.5. The third kappa shape index (κ3) is 6.08. The van der Waals surface area contributed by atoms with Gasteiger partial charge in [0.25, 0.3) is 15.9 Å². The van der Waals surface area contributed by atoms with Gasteiger partial charge in [0, 0.05) is 30.9 Å². The number of rotatable bonds is 13. The van der Waals surface area contributed by atoms with E-state index < -0.39 is 27.6 Å². The van der Waals surface area contributed by atoms with Crippen LogP contribution in [0, 0.1) is 22.7 Å². The molecule has 3 aliphatic carbocycles. The van der Waals surface area contributed by atoms with Crippen LogP contribution in [0.25, 0.3) is 5.82 Å². The highest BCUT2D eigenvalue weighted by atomic mass is 35.5. The van der Waals surface area contributed by atoms with Gasteiger partial charge in [0.05, 0.1) is 12.2 Å². The smallest absolute Gasteiger partial charge is 0.407 e. The maximum atomic E-state index is 13.1. The fourth-order valence-corrected chi connectivity index (χ4v) is 9.46. The summed E-state index contributed by atoms with van der Waals surface area (Å²) in [6.07, 6.45) is 9.69. The molecule has 4 aliphatic rings. The van der Waals surface area contributed by atoms with Gasteiger partial charge in [-0.3, -0.25) is 4.79 Å². The molecule has 256 valence electrons. The summed E-state index contributed by atoms with van der Waals surface area (Å²) >= 11 is 6.33. The van der Waals surface area contributed by atoms with E-state index in [2.05, 4.69) is 20.4 Å². The molecule has 3 saturated carbocycles. The highest BCUT2D eigenvalue weighted by Gasteiger charge is 2.85. The number of carboxylic acid groups (broad SMARTS) is 1. The molecule has 0 aromatic carbocycles. The van der Waals surface area contributed by atoms with Crippen molar-refractivity contribution in [3.8, 4) is 11.7 Å². The second kappa shape index (κ2) is 11.9. The maximum absolute atomic E-state index is 13.1. The molecule has 7 rings (SSSR count). The van der Waals surface area contributed by atoms with E-state index in [4.69, 9.17) is 16.3 Å². The van der Waals surface area contributed by atoms with Crippen molar-refractivity contribution in [1.29, 1.82) is 0 Å². The minimum atomic E-state index is -4.33. The number of anilines is 1. The van der Waals surface area contributed by atoms with Gasteiger partial charge in [-0.2, -0.15) is 8.42 Å². The Kier molecular flexibility index (Phi) is 8.09. The third-order valence-electron chi connectivity index (χ3n) is 10.9. The first-order chi connectivity index (χ1) is 22.8. The Balaban J connectivity index is 0.900. The number of amides is 2. The quantitative estimate of drug-likeness (QED) is 0.156. The average molecular weight is 698 g/mol. The molecule has 2 spiro atoms. The van der Waals surface area contributed by atoms with Gasteiger partial charge in [-0.05, 0) is 112 Å². The number of fused-ring (bicyclic) bond motifs is 1. The third-order valence-corrected chi connectivity index (χ3v) is 12.4. The standard InChI is InChI=1S/C33H40ClN7O6S/c1-31(2)19-21(20-40(31)30(43)44)5-4-16-35-24-6-3-7-27(36-24)48(45,46)39-29(42)22-8-9-25(37-28(22)34)41-17-10-26(38-41)47-18-11-23-32(12-13-32)33(23)14-15-33/h3,6-10,17,21,23H,4-5,11-16,18-20H2,1-2H3,(H,35,36)(H,39,42)(H,43,44). The molecule has 0 radical (unpaired) electrons. The fourth-order valence-electron chi connectivity index (χ4n) is 8.29. The number of carbonyl (C=O) groups is 2. The number of nitrogens with zero attached hydrogens (tertiary/aromatic N) is 5. The minimum absolute atomic E-state index is 0.120. The molecule has 48 heavy (non-hydrogen) atoms. The Hall–Kier alpha value is -3.91. The summed E-state index contributed by atoms with van der Waals surface area (Å²) in [7, 11) is -4.33. The van der Waals surface area contributed by atoms with Gasteiger partial charge in [0.15, 0.2) is 10.8 Å². The summed E-state index contributed by atoms with van der Waals surface area (Å²) in [6, 6.07) is 9.12. The Morgan fingerprint density at radius 1 is 1.06 bits per heavy atom. The van der Waals surface area contributed by atoms with E-state index in [9.17, 15) is 23.1 Å². The van der Waals surface area contributed by atoms with Crippen LogP contribution >= 0.6 is 11.6 Å². The van der Waals surface area contributed by atoms with Crippen molar-refractivity contribution < 1.29 is 27.9 Å². The highest BCUT2D eigenvalue weighted by molar-refractivity contribution is 7.90. The van der Waals surface area contributed by atoms with Crippen molar-refractivity contribution in [3.05, 3.63) is 53.3 Å². The normalized spacial score (nSPS) is 21.3. The zero-order chi connectivity index (χ0) is 33.9. The fraction of sp³-hybridized carbons (Fsp3) is 0.545. The summed E-state index contributed by atoms with van der Waals surface area (Å²) in [5, 5.41) is 16.5. The molecular weight excluding hydrogens is 658 g/mol. The number of carbonyl (C=O) groups excluding carboxylic acids is 1. The lowest BCUT2D eigenvalue weighted by molar-refractivity contribution is 0.0980. The molecule has 4 fully saturated rings. The lowest BCUT2D eigenvalue weighted by Gasteiger charge is -2.28. The summed E-state index contributed by atoms with van der Waals surface area (Å²) in [4.78, 5) is 34.4. The molecule has 1 unspecified atom stereocenters. The van der Waals surface area contributed by atoms with E-state index in [-0.39, 0.29) is 21.7 Å². The Morgan fingerprint density at radius 3 is 2.48 bits per heavy atom. The molecule has 0 bridgehead atoms. The van der Waals surface area contributed by atoms with Crippen LogP contribution in [-0.2, 0) is 10.0 Å². The van der Waals surface area contributed by atoms with E-state index in [1.807, 2.05) is 18.6 Å². The molecular formula is C33H40ClN7O6S. The zero-order valence-electron chi connectivity index (χ0n) is 27.0. The molecule has 3 aromatic rings. The lowest BCUT2D eigenvalue weighted by atomic mass is 9.93. The van der Waals surface area contributed by atoms with Gasteiger partial charge in [-0.1, -0.05) is 17.7 Å². The van der Waals surface area contributed by atoms with Crippen LogP contribution in [0.5, 0.6) is 5.88 Å². The number of ether oxygens (including phenoxy) is 1. The van der Waals surface area contributed by atoms with Gasteiger partial charge in [-0.15, -0.1) is 5.10 Å². The molecule has 1 aliphatic heterocycles. The van der Waals surface area contributed by atoms with Crippen molar-refractivity contribution in [2.45, 2.75) is 75.8 Å². The number of sulfonamides is 1. The lowest BCUT2D eigenvalue weighted by Crippen LogP contribution is -2.41. The average Bonchev–Trinajstić information content (AvgIpc) is 3.98. The number of halogens is 1. The molecule has 3 N–H and O–H groups in total. The van der Waals surface area contributed by atoms with Crippen molar-refractivity contribution in [3.63, 3.8) is 0 Å². The summed E-state index contributed by atoms with van der Waals surface area (Å²) in [5.74, 6) is 1.27. The number of hydrogen-bond donors (Lipinski definition) is 3. The van der Waals surface area contributed by atoms with Crippen LogP contribution in [0.4, 0.5) is 10.6 Å². The predicted molar refractivity (Wildman–Crippen MR) is 177 cm³/mol. The van der Waals surface area contributed by atoms with Crippen LogP contribution in [0.1, 0.15) is 75.6 Å². The molecule has 13 nitrogen and oxygen atoms in total. The van der Waals surface area contributed by atoms with Gasteiger partial charge in [0.2, 0.25) is 5.88 Å². The Bertz CT molecular complexity index is 1840. The van der Waals surface area contributed by atoms with Crippen LogP contribution in [0.15, 0.2) is 47.6 Å². The monoisotopic (exact) mass is 697 g/mol. The number of nitrogens with one attached hydrogen (secondary N) is 2. The second-order valence-corrected chi connectivity index (χ2v) is 16.2. The van der Waals surface area contributed by atoms with Crippen molar-refractivity contribution in [2.75, 3.05) is 25.0 Å². The van der Waals surface area contributed by atoms with E-state index in [1.54, 1.807) is 18.3 Å². The number of pyridine rings is 2. The number of hydrogen-bond acceptors (Lipinski definition) is 9. The first kappa shape index (κ1) is 32.6. The van der Waals surface area contributed by atoms with Crippen molar-refractivity contribution in [1.82, 2.24) is 29.4 Å². The Morgan fingerprint density at radius 2 is 1.81 bits per heavy atom. The van der Waals surface area contributed by atoms with Gasteiger partial charge in [0.1, 0.15) is 11.0 Å². The van der Waals surface area contributed by atoms with E-state index in [1.165, 1.54) is 59.5 Å². The van der Waals surface area contributed by atoms with Crippen molar-refractivity contribution in [2.24, 2.45) is 22.7 Å². The zero-order valence-corrected chi connectivity index (χ0v) is 28.6. The first-order valence-corrected chi connectivity index (χ1v) is 18.3. The van der Waals surface area contributed by atoms with Gasteiger partial charge in [-0.25, -0.2) is 24.2 Å². The summed E-state index contributed by atoms with van der Waals surface area (Å²) in [6.45, 7) is 5.50. The molecule has 1 saturated heterocycles. The summed E-state index contributed by atoms with van der Waals surface area (Å²) in [5.41, 5.74) is 0.774. The highest BCUT2D eigenvalue weighted by Crippen LogP contribution is 2.93. The van der Waals surface area contributed by atoms with Crippen LogP contribution in [-0.4, -0.2) is 75.4 Å². The van der Waals surface area contributed by atoms with Gasteiger partial charge >= 0.3 is 6.09 Å². The number of likely N-dealkylation sites (tertiary alicyclic amines) is 1. The van der Waals surface area contributed by atoms with Gasteiger partial charge < -0.3 is 20.1 Å². The molecule has 3 aromatic heterocycles.